The van der Waals surface area contributed by atoms with Crippen LogP contribution in [0.3, 0.4) is 0 Å². The Morgan fingerprint density at radius 2 is 1.74 bits per heavy atom. The van der Waals surface area contributed by atoms with Gasteiger partial charge >= 0.3 is 5.97 Å². The Kier molecular flexibility index (Phi) is 12.3. The third-order valence-electron chi connectivity index (χ3n) is 9.28. The van der Waals surface area contributed by atoms with Gasteiger partial charge in [-0.1, -0.05) is 12.1 Å². The monoisotopic (exact) mass is 746 g/mol. The van der Waals surface area contributed by atoms with Gasteiger partial charge in [0.25, 0.3) is 0 Å². The van der Waals surface area contributed by atoms with Crippen LogP contribution in [0.2, 0.25) is 0 Å². The number of ketones is 3. The van der Waals surface area contributed by atoms with E-state index in [9.17, 15) is 54.6 Å². The van der Waals surface area contributed by atoms with E-state index >= 15 is 0 Å². The number of phenols is 2. The molecule has 0 aromatic heterocycles. The number of carbonyl (C=O) groups excluding carboxylic acids is 5. The van der Waals surface area contributed by atoms with Gasteiger partial charge in [0.05, 0.1) is 63.3 Å². The molecule has 53 heavy (non-hydrogen) atoms. The molecular weight excluding hydrogens is 700 g/mol. The minimum Gasteiger partial charge on any atom is -0.550 e. The van der Waals surface area contributed by atoms with E-state index in [0.29, 0.717) is 11.0 Å². The van der Waals surface area contributed by atoms with Crippen LogP contribution >= 0.6 is 0 Å². The van der Waals surface area contributed by atoms with Crippen molar-refractivity contribution >= 4 is 29.3 Å². The quantitative estimate of drug-likeness (QED) is 0.0805. The number of rotatable bonds is 10. The fourth-order valence-corrected chi connectivity index (χ4v) is 6.93. The normalized spacial score (nSPS) is 25.5. The summed E-state index contributed by atoms with van der Waals surface area (Å²) in [7, 11) is 7.01. The smallest absolute Gasteiger partial charge is 0.303 e. The molecule has 2 aliphatic carbocycles. The maximum absolute atomic E-state index is 13.6. The van der Waals surface area contributed by atoms with Crippen molar-refractivity contribution in [1.29, 1.82) is 0 Å². The van der Waals surface area contributed by atoms with Gasteiger partial charge in [0.2, 0.25) is 5.78 Å². The summed E-state index contributed by atoms with van der Waals surface area (Å²) in [5.74, 6) is -5.45. The SMILES string of the molecule is CC(=O)O[C@H](CC(=O)[O-])C[N+](C)(C)C.COc1cccc2c1C(=O)c1c(O)c3c(c(O)c1C2=O)C[C@@](O)(C(=O)CO)C[C@@H]3O[C@H]1C[C@H](N)[C@H](O)[C@H](C)O1. The summed E-state index contributed by atoms with van der Waals surface area (Å²) in [6, 6.07) is 3.64. The number of hydrogen-bond donors (Lipinski definition) is 6. The van der Waals surface area contributed by atoms with Crippen LogP contribution < -0.4 is 15.6 Å². The predicted molar refractivity (Wildman–Crippen MR) is 180 cm³/mol. The predicted octanol–water partition coefficient (Wildman–Crippen LogP) is -1.23. The Labute approximate surface area is 305 Å². The lowest BCUT2D eigenvalue weighted by atomic mass is 9.72. The Morgan fingerprint density at radius 3 is 2.28 bits per heavy atom. The van der Waals surface area contributed by atoms with E-state index in [1.807, 2.05) is 21.1 Å². The average molecular weight is 747 g/mol. The molecule has 17 nitrogen and oxygen atoms in total. The van der Waals surface area contributed by atoms with E-state index in [4.69, 9.17) is 24.7 Å². The molecule has 0 unspecified atom stereocenters. The van der Waals surface area contributed by atoms with Gasteiger partial charge in [-0.2, -0.15) is 0 Å². The standard InChI is InChI=1S/C27H29NO11.C9H17NO4/c1-10-22(31)13(28)6-17(38-10)39-15-8-27(36,16(30)9-29)7-12-19(15)26(35)21-20(24(12)33)23(32)11-4-3-5-14(37-2)18(11)25(21)34;1-7(11)14-8(5-9(12)13)6-10(2,3)4/h3-5,10,13,15,17,22,29,31,33,35-36H,6-9,28H2,1-2H3;8H,5-6H2,1-4H3/t10-,13-,15-,17-,22+,27-;8-/m01/s1. The highest BCUT2D eigenvalue weighted by atomic mass is 16.7. The van der Waals surface area contributed by atoms with Gasteiger partial charge in [-0.15, -0.1) is 0 Å². The van der Waals surface area contributed by atoms with Crippen molar-refractivity contribution < 1.29 is 78.0 Å². The number of aliphatic hydroxyl groups excluding tert-OH is 2. The summed E-state index contributed by atoms with van der Waals surface area (Å²) in [5, 5.41) is 64.1. The number of Topliss-reactive ketones (excluding diaryl/α,β-unsaturated/α-hetero) is 1. The number of likely N-dealkylation sites (N-methyl/N-ethyl adjacent to an activating group) is 1. The highest BCUT2D eigenvalue weighted by molar-refractivity contribution is 6.31. The molecule has 1 heterocycles. The minimum absolute atomic E-state index is 0.0173. The zero-order valence-corrected chi connectivity index (χ0v) is 30.3. The molecule has 3 aliphatic rings. The third-order valence-corrected chi connectivity index (χ3v) is 9.28. The Morgan fingerprint density at radius 1 is 1.09 bits per heavy atom. The van der Waals surface area contributed by atoms with Crippen LogP contribution in [0.1, 0.15) is 82.2 Å². The van der Waals surface area contributed by atoms with E-state index < -0.39 is 114 Å². The molecular formula is C36H46N2O15. The molecule has 2 aromatic rings. The second kappa shape index (κ2) is 15.9. The number of nitrogens with two attached hydrogens (primary N) is 1. The summed E-state index contributed by atoms with van der Waals surface area (Å²) in [5.41, 5.74) is 2.37. The number of carbonyl (C=O) groups is 5. The Hall–Kier alpha value is -4.49. The second-order valence-electron chi connectivity index (χ2n) is 14.4. The fourth-order valence-electron chi connectivity index (χ4n) is 6.93. The minimum atomic E-state index is -2.24. The van der Waals surface area contributed by atoms with Crippen LogP contribution in [0.4, 0.5) is 0 Å². The number of methoxy groups -OCH3 is 1. The first-order valence-electron chi connectivity index (χ1n) is 16.8. The second-order valence-corrected chi connectivity index (χ2v) is 14.4. The molecule has 0 bridgehead atoms. The summed E-state index contributed by atoms with van der Waals surface area (Å²) in [4.78, 5) is 60.8. The van der Waals surface area contributed by atoms with Gasteiger partial charge in [0.1, 0.15) is 36.0 Å². The van der Waals surface area contributed by atoms with Crippen LogP contribution in [0.5, 0.6) is 17.2 Å². The number of aliphatic hydroxyl groups is 3. The van der Waals surface area contributed by atoms with Gasteiger partial charge in [0, 0.05) is 61.3 Å². The van der Waals surface area contributed by atoms with Crippen molar-refractivity contribution in [2.45, 2.75) is 81.9 Å². The number of quaternary nitrogens is 1. The molecule has 1 aliphatic heterocycles. The first-order valence-corrected chi connectivity index (χ1v) is 16.8. The summed E-state index contributed by atoms with van der Waals surface area (Å²) >= 11 is 0. The number of hydrogen-bond acceptors (Lipinski definition) is 16. The van der Waals surface area contributed by atoms with Crippen LogP contribution in [0.15, 0.2) is 18.2 Å². The zero-order chi connectivity index (χ0) is 39.7. The van der Waals surface area contributed by atoms with Crippen molar-refractivity contribution in [2.24, 2.45) is 5.73 Å². The number of phenolic OH excluding ortho intramolecular Hbond substituents is 2. The molecule has 1 saturated heterocycles. The summed E-state index contributed by atoms with van der Waals surface area (Å²) in [6.07, 6.45) is -5.99. The lowest BCUT2D eigenvalue weighted by Crippen LogP contribution is -2.53. The number of carboxylic acids is 1. The molecule has 1 fully saturated rings. The Balaban J connectivity index is 0.000000381. The maximum Gasteiger partial charge on any atom is 0.303 e. The molecule has 5 rings (SSSR count). The lowest BCUT2D eigenvalue weighted by molar-refractivity contribution is -0.873. The van der Waals surface area contributed by atoms with Crippen LogP contribution in [0, 0.1) is 0 Å². The highest BCUT2D eigenvalue weighted by Crippen LogP contribution is 2.52. The first-order chi connectivity index (χ1) is 24.6. The molecule has 290 valence electrons. The van der Waals surface area contributed by atoms with E-state index in [1.54, 1.807) is 6.92 Å². The van der Waals surface area contributed by atoms with Gasteiger partial charge in [-0.05, 0) is 13.0 Å². The number of aromatic hydroxyl groups is 2. The number of carboxylic acid groups (broad SMARTS) is 1. The molecule has 0 radical (unpaired) electrons. The van der Waals surface area contributed by atoms with E-state index in [1.165, 1.54) is 32.2 Å². The molecule has 17 heteroatoms. The van der Waals surface area contributed by atoms with Crippen LogP contribution in [-0.2, 0) is 35.0 Å². The van der Waals surface area contributed by atoms with Crippen LogP contribution in [0.25, 0.3) is 0 Å². The number of esters is 1. The van der Waals surface area contributed by atoms with Gasteiger partial charge in [-0.25, -0.2) is 0 Å². The van der Waals surface area contributed by atoms with Gasteiger partial charge in [-0.3, -0.25) is 19.2 Å². The van der Waals surface area contributed by atoms with Gasteiger partial charge < -0.3 is 64.6 Å². The van der Waals surface area contributed by atoms with E-state index in [0.717, 1.165) is 0 Å². The number of nitrogens with zero attached hydrogens (tertiary/aromatic N) is 1. The van der Waals surface area contributed by atoms with Crippen molar-refractivity contribution in [3.63, 3.8) is 0 Å². The number of ether oxygens (including phenoxy) is 4. The molecule has 0 spiro atoms. The lowest BCUT2D eigenvalue weighted by Gasteiger charge is -2.42. The van der Waals surface area contributed by atoms with Crippen LogP contribution in [-0.4, -0.2) is 137 Å². The van der Waals surface area contributed by atoms with E-state index in [2.05, 4.69) is 0 Å². The third kappa shape index (κ3) is 8.67. The Bertz CT molecular complexity index is 1760. The molecule has 0 saturated carbocycles. The van der Waals surface area contributed by atoms with Crippen molar-refractivity contribution in [3.8, 4) is 17.2 Å². The molecule has 7 N–H and O–H groups in total. The molecule has 2 aromatic carbocycles. The highest BCUT2D eigenvalue weighted by Gasteiger charge is 2.50. The summed E-state index contributed by atoms with van der Waals surface area (Å²) < 4.78 is 22.4. The number of benzene rings is 2. The largest absolute Gasteiger partial charge is 0.550 e. The molecule has 7 atom stereocenters. The first kappa shape index (κ1) is 41.3. The van der Waals surface area contributed by atoms with E-state index in [-0.39, 0.29) is 40.8 Å². The number of fused-ring (bicyclic) bond motifs is 3. The van der Waals surface area contributed by atoms with Crippen molar-refractivity contribution in [1.82, 2.24) is 0 Å². The average Bonchev–Trinajstić information content (AvgIpc) is 3.05. The van der Waals surface area contributed by atoms with Crippen molar-refractivity contribution in [2.75, 3.05) is 41.4 Å². The zero-order valence-electron chi connectivity index (χ0n) is 30.3. The topological polar surface area (TPSA) is 272 Å². The number of aliphatic carboxylic acids is 1. The maximum atomic E-state index is 13.6. The fraction of sp³-hybridized carbons (Fsp3) is 0.528. The molecule has 0 amide bonds. The van der Waals surface area contributed by atoms with Crippen molar-refractivity contribution in [3.05, 3.63) is 51.6 Å². The van der Waals surface area contributed by atoms with Gasteiger partial charge in [0.15, 0.2) is 24.0 Å². The summed E-state index contributed by atoms with van der Waals surface area (Å²) in [6.45, 7) is 2.27.